The Labute approximate surface area is 133 Å². The SMILES string of the molecule is Cc1ccc(S(=O)(=O)N(CC(=O)[O-])c2ccccc2Cl)cc1. The van der Waals surface area contributed by atoms with E-state index in [1.54, 1.807) is 24.3 Å². The summed E-state index contributed by atoms with van der Waals surface area (Å²) >= 11 is 6.00. The highest BCUT2D eigenvalue weighted by molar-refractivity contribution is 7.92. The van der Waals surface area contributed by atoms with Crippen LogP contribution in [-0.2, 0) is 14.8 Å². The van der Waals surface area contributed by atoms with Crippen LogP contribution in [0.2, 0.25) is 5.02 Å². The Morgan fingerprint density at radius 2 is 1.73 bits per heavy atom. The van der Waals surface area contributed by atoms with Crippen molar-refractivity contribution in [1.29, 1.82) is 0 Å². The van der Waals surface area contributed by atoms with Crippen LogP contribution in [0.4, 0.5) is 5.69 Å². The molecule has 2 aromatic rings. The van der Waals surface area contributed by atoms with Crippen LogP contribution in [0.5, 0.6) is 0 Å². The maximum Gasteiger partial charge on any atom is 0.264 e. The molecular formula is C15H13ClNO4S-. The minimum Gasteiger partial charge on any atom is -0.548 e. The molecule has 0 saturated heterocycles. The van der Waals surface area contributed by atoms with E-state index in [1.165, 1.54) is 24.3 Å². The predicted molar refractivity (Wildman–Crippen MR) is 82.2 cm³/mol. The van der Waals surface area contributed by atoms with Crippen molar-refractivity contribution in [3.05, 3.63) is 59.1 Å². The van der Waals surface area contributed by atoms with Crippen LogP contribution in [-0.4, -0.2) is 20.9 Å². The van der Waals surface area contributed by atoms with Gasteiger partial charge in [0.2, 0.25) is 0 Å². The minimum absolute atomic E-state index is 0.0146. The van der Waals surface area contributed by atoms with Gasteiger partial charge < -0.3 is 9.90 Å². The van der Waals surface area contributed by atoms with Crippen LogP contribution in [0.1, 0.15) is 5.56 Å². The Morgan fingerprint density at radius 1 is 1.14 bits per heavy atom. The van der Waals surface area contributed by atoms with Crippen molar-refractivity contribution in [1.82, 2.24) is 0 Å². The van der Waals surface area contributed by atoms with E-state index in [1.807, 2.05) is 6.92 Å². The van der Waals surface area contributed by atoms with E-state index in [-0.39, 0.29) is 15.6 Å². The van der Waals surface area contributed by atoms with Gasteiger partial charge in [-0.15, -0.1) is 0 Å². The van der Waals surface area contributed by atoms with Crippen molar-refractivity contribution in [3.8, 4) is 0 Å². The van der Waals surface area contributed by atoms with Gasteiger partial charge in [0.15, 0.2) is 0 Å². The number of carboxylic acid groups (broad SMARTS) is 1. The highest BCUT2D eigenvalue weighted by atomic mass is 35.5. The van der Waals surface area contributed by atoms with E-state index in [9.17, 15) is 18.3 Å². The Kier molecular flexibility index (Phi) is 4.73. The molecule has 0 heterocycles. The summed E-state index contributed by atoms with van der Waals surface area (Å²) in [5, 5.41) is 11.1. The van der Waals surface area contributed by atoms with Crippen molar-refractivity contribution in [3.63, 3.8) is 0 Å². The maximum absolute atomic E-state index is 12.7. The number of hydrogen-bond acceptors (Lipinski definition) is 4. The number of para-hydroxylation sites is 1. The maximum atomic E-state index is 12.7. The fraction of sp³-hybridized carbons (Fsp3) is 0.133. The smallest absolute Gasteiger partial charge is 0.264 e. The summed E-state index contributed by atoms with van der Waals surface area (Å²) in [6.45, 7) is 1.00. The van der Waals surface area contributed by atoms with E-state index >= 15 is 0 Å². The predicted octanol–water partition coefficient (Wildman–Crippen LogP) is 1.59. The van der Waals surface area contributed by atoms with Crippen LogP contribution < -0.4 is 9.41 Å². The highest BCUT2D eigenvalue weighted by Gasteiger charge is 2.26. The number of benzene rings is 2. The lowest BCUT2D eigenvalue weighted by molar-refractivity contribution is -0.303. The third-order valence-electron chi connectivity index (χ3n) is 3.00. The zero-order valence-electron chi connectivity index (χ0n) is 11.7. The minimum atomic E-state index is -4.06. The van der Waals surface area contributed by atoms with Gasteiger partial charge in [0.25, 0.3) is 10.0 Å². The molecule has 0 aromatic heterocycles. The summed E-state index contributed by atoms with van der Waals surface area (Å²) in [6.07, 6.45) is 0. The summed E-state index contributed by atoms with van der Waals surface area (Å²) in [6, 6.07) is 12.2. The number of carboxylic acids is 1. The molecule has 0 N–H and O–H groups in total. The number of rotatable bonds is 5. The number of sulfonamides is 1. The molecule has 0 amide bonds. The first kappa shape index (κ1) is 16.3. The lowest BCUT2D eigenvalue weighted by Gasteiger charge is -2.25. The second kappa shape index (κ2) is 6.37. The van der Waals surface area contributed by atoms with E-state index in [0.29, 0.717) is 0 Å². The molecule has 116 valence electrons. The van der Waals surface area contributed by atoms with Gasteiger partial charge in [-0.2, -0.15) is 0 Å². The molecule has 0 radical (unpaired) electrons. The van der Waals surface area contributed by atoms with Crippen LogP contribution in [0.25, 0.3) is 0 Å². The quantitative estimate of drug-likeness (QED) is 0.829. The largest absolute Gasteiger partial charge is 0.548 e. The number of hydrogen-bond donors (Lipinski definition) is 0. The molecule has 0 atom stereocenters. The van der Waals surface area contributed by atoms with E-state index in [2.05, 4.69) is 0 Å². The molecule has 0 spiro atoms. The number of halogens is 1. The van der Waals surface area contributed by atoms with Gasteiger partial charge >= 0.3 is 0 Å². The summed E-state index contributed by atoms with van der Waals surface area (Å²) in [5.74, 6) is -1.52. The molecule has 0 unspecified atom stereocenters. The standard InChI is InChI=1S/C15H14ClNO4S/c1-11-6-8-12(9-7-11)22(20,21)17(10-15(18)19)14-5-3-2-4-13(14)16/h2-9H,10H2,1H3,(H,18,19)/p-1. The Bertz CT molecular complexity index is 787. The number of nitrogens with zero attached hydrogens (tertiary/aromatic N) is 1. The van der Waals surface area contributed by atoms with Crippen LogP contribution in [0, 0.1) is 6.92 Å². The zero-order chi connectivity index (χ0) is 16.3. The average Bonchev–Trinajstić information content (AvgIpc) is 2.46. The molecule has 5 nitrogen and oxygen atoms in total. The first-order chi connectivity index (χ1) is 10.3. The molecule has 0 aliphatic rings. The lowest BCUT2D eigenvalue weighted by Crippen LogP contribution is -2.41. The highest BCUT2D eigenvalue weighted by Crippen LogP contribution is 2.30. The summed E-state index contributed by atoms with van der Waals surface area (Å²) in [5.41, 5.74) is 0.983. The monoisotopic (exact) mass is 338 g/mol. The van der Waals surface area contributed by atoms with Crippen LogP contribution in [0.15, 0.2) is 53.4 Å². The number of anilines is 1. The third kappa shape index (κ3) is 3.40. The number of aliphatic carboxylic acids is 1. The van der Waals surface area contributed by atoms with Crippen molar-refractivity contribution in [2.75, 3.05) is 10.8 Å². The molecule has 2 aromatic carbocycles. The van der Waals surface area contributed by atoms with E-state index < -0.39 is 22.5 Å². The molecule has 22 heavy (non-hydrogen) atoms. The number of carbonyl (C=O) groups excluding carboxylic acids is 1. The van der Waals surface area contributed by atoms with Gasteiger partial charge in [-0.25, -0.2) is 8.42 Å². The first-order valence-corrected chi connectivity index (χ1v) is 8.18. The van der Waals surface area contributed by atoms with Gasteiger partial charge in [0.1, 0.15) is 0 Å². The van der Waals surface area contributed by atoms with Crippen molar-refractivity contribution in [2.24, 2.45) is 0 Å². The Hall–Kier alpha value is -2.05. The van der Waals surface area contributed by atoms with Gasteiger partial charge in [-0.3, -0.25) is 4.31 Å². The third-order valence-corrected chi connectivity index (χ3v) is 5.10. The molecule has 0 saturated carbocycles. The molecular weight excluding hydrogens is 326 g/mol. The number of aryl methyl sites for hydroxylation is 1. The van der Waals surface area contributed by atoms with Gasteiger partial charge in [0, 0.05) is 0 Å². The molecule has 0 fully saturated rings. The Morgan fingerprint density at radius 3 is 2.27 bits per heavy atom. The van der Waals surface area contributed by atoms with E-state index in [4.69, 9.17) is 11.6 Å². The molecule has 2 rings (SSSR count). The molecule has 0 aliphatic carbocycles. The summed E-state index contributed by atoms with van der Waals surface area (Å²) < 4.78 is 26.1. The van der Waals surface area contributed by atoms with Gasteiger partial charge in [-0.1, -0.05) is 41.4 Å². The van der Waals surface area contributed by atoms with Gasteiger partial charge in [-0.05, 0) is 31.2 Å². The van der Waals surface area contributed by atoms with Crippen molar-refractivity contribution in [2.45, 2.75) is 11.8 Å². The second-order valence-electron chi connectivity index (χ2n) is 4.65. The van der Waals surface area contributed by atoms with E-state index in [0.717, 1.165) is 9.87 Å². The molecule has 0 aliphatic heterocycles. The first-order valence-electron chi connectivity index (χ1n) is 6.36. The Balaban J connectivity index is 2.56. The fourth-order valence-corrected chi connectivity index (χ4v) is 3.62. The summed E-state index contributed by atoms with van der Waals surface area (Å²) in [7, 11) is -4.06. The topological polar surface area (TPSA) is 77.5 Å². The average molecular weight is 339 g/mol. The normalized spacial score (nSPS) is 11.2. The van der Waals surface area contributed by atoms with Crippen LogP contribution in [0.3, 0.4) is 0 Å². The summed E-state index contributed by atoms with van der Waals surface area (Å²) in [4.78, 5) is 11.0. The lowest BCUT2D eigenvalue weighted by atomic mass is 10.2. The fourth-order valence-electron chi connectivity index (χ4n) is 1.91. The van der Waals surface area contributed by atoms with Crippen molar-refractivity contribution >= 4 is 33.3 Å². The zero-order valence-corrected chi connectivity index (χ0v) is 13.3. The van der Waals surface area contributed by atoms with Crippen molar-refractivity contribution < 1.29 is 18.3 Å². The van der Waals surface area contributed by atoms with Crippen LogP contribution >= 0.6 is 11.6 Å². The molecule has 7 heteroatoms. The second-order valence-corrected chi connectivity index (χ2v) is 6.92. The van der Waals surface area contributed by atoms with Gasteiger partial charge in [0.05, 0.1) is 28.1 Å². The molecule has 0 bridgehead atoms. The number of carbonyl (C=O) groups is 1.